The van der Waals surface area contributed by atoms with Crippen LogP contribution < -0.4 is 5.32 Å². The fourth-order valence-corrected chi connectivity index (χ4v) is 3.22. The van der Waals surface area contributed by atoms with Gasteiger partial charge in [-0.05, 0) is 47.9 Å². The molecular weight excluding hydrogens is 382 g/mol. The van der Waals surface area contributed by atoms with Crippen LogP contribution in [-0.4, -0.2) is 18.1 Å². The van der Waals surface area contributed by atoms with Crippen LogP contribution in [0.3, 0.4) is 0 Å². The Morgan fingerprint density at radius 3 is 2.39 bits per heavy atom. The van der Waals surface area contributed by atoms with Gasteiger partial charge >= 0.3 is 0 Å². The van der Waals surface area contributed by atoms with Crippen molar-refractivity contribution < 1.29 is 18.1 Å². The highest BCUT2D eigenvalue weighted by Gasteiger charge is 2.13. The first-order valence-corrected chi connectivity index (χ1v) is 8.83. The normalized spacial score (nSPS) is 11.6. The molecule has 0 heterocycles. The minimum Gasteiger partial charge on any atom is -0.507 e. The van der Waals surface area contributed by atoms with Gasteiger partial charge in [0.1, 0.15) is 5.75 Å². The van der Waals surface area contributed by atoms with E-state index in [1.54, 1.807) is 18.2 Å². The Bertz CT molecular complexity index is 1000. The number of hydrogen-bond acceptors (Lipinski definition) is 4. The number of hydrogen-bond donors (Lipinski definition) is 3. The average Bonchev–Trinajstić information content (AvgIpc) is 2.46. The molecule has 0 aliphatic rings. The van der Waals surface area contributed by atoms with Crippen molar-refractivity contribution >= 4 is 48.2 Å². The van der Waals surface area contributed by atoms with Crippen LogP contribution in [0, 0.1) is 0 Å². The van der Waals surface area contributed by atoms with Crippen molar-refractivity contribution in [2.24, 2.45) is 0 Å². The van der Waals surface area contributed by atoms with Gasteiger partial charge in [-0.1, -0.05) is 22.0 Å². The fourth-order valence-electron chi connectivity index (χ4n) is 2.28. The molecule has 0 bridgehead atoms. The van der Waals surface area contributed by atoms with Gasteiger partial charge in [0.15, 0.2) is 0 Å². The van der Waals surface area contributed by atoms with E-state index < -0.39 is 10.1 Å². The molecule has 5 nitrogen and oxygen atoms in total. The van der Waals surface area contributed by atoms with Crippen molar-refractivity contribution in [3.8, 4) is 5.75 Å². The number of benzene rings is 3. The zero-order valence-corrected chi connectivity index (χ0v) is 14.1. The highest BCUT2D eigenvalue weighted by atomic mass is 79.9. The van der Waals surface area contributed by atoms with Crippen LogP contribution in [0.4, 0.5) is 11.4 Å². The minimum atomic E-state index is -4.38. The van der Waals surface area contributed by atoms with Gasteiger partial charge in [-0.15, -0.1) is 0 Å². The second-order valence-corrected chi connectivity index (χ2v) is 7.33. The number of anilines is 2. The van der Waals surface area contributed by atoms with Crippen LogP contribution in [0.25, 0.3) is 10.8 Å². The molecule has 0 radical (unpaired) electrons. The van der Waals surface area contributed by atoms with E-state index in [4.69, 9.17) is 4.55 Å². The number of nitrogens with one attached hydrogen (secondary N) is 1. The van der Waals surface area contributed by atoms with Crippen LogP contribution in [-0.2, 0) is 10.1 Å². The summed E-state index contributed by atoms with van der Waals surface area (Å²) >= 11 is 3.39. The molecule has 0 unspecified atom stereocenters. The molecule has 0 amide bonds. The molecule has 118 valence electrons. The van der Waals surface area contributed by atoms with Crippen LogP contribution >= 0.6 is 15.9 Å². The molecule has 7 heteroatoms. The van der Waals surface area contributed by atoms with E-state index in [1.165, 1.54) is 6.07 Å². The molecule has 0 saturated heterocycles. The van der Waals surface area contributed by atoms with Gasteiger partial charge in [0.2, 0.25) is 0 Å². The van der Waals surface area contributed by atoms with Gasteiger partial charge in [-0.2, -0.15) is 8.42 Å². The highest BCUT2D eigenvalue weighted by Crippen LogP contribution is 2.31. The summed E-state index contributed by atoms with van der Waals surface area (Å²) in [5, 5.41) is 14.1. The van der Waals surface area contributed by atoms with E-state index in [1.807, 2.05) is 24.3 Å². The molecule has 3 aromatic rings. The predicted octanol–water partition coefficient (Wildman–Crippen LogP) is 4.30. The number of halogens is 1. The first-order chi connectivity index (χ1) is 10.8. The number of rotatable bonds is 3. The lowest BCUT2D eigenvalue weighted by Crippen LogP contribution is -1.98. The van der Waals surface area contributed by atoms with Gasteiger partial charge in [0.05, 0.1) is 4.90 Å². The molecule has 3 rings (SSSR count). The summed E-state index contributed by atoms with van der Waals surface area (Å²) < 4.78 is 32.6. The standard InChI is InChI=1S/C16H12BrNO4S/c17-11-2-1-3-12(8-11)18-13-4-5-15-10(6-13)7-14(9-16(15)19)23(20,21)22/h1-9,18-19H,(H,20,21,22). The van der Waals surface area contributed by atoms with Crippen molar-refractivity contribution in [3.05, 3.63) is 59.1 Å². The van der Waals surface area contributed by atoms with Crippen LogP contribution in [0.1, 0.15) is 0 Å². The van der Waals surface area contributed by atoms with E-state index in [-0.39, 0.29) is 10.6 Å². The van der Waals surface area contributed by atoms with E-state index in [9.17, 15) is 13.5 Å². The zero-order valence-electron chi connectivity index (χ0n) is 11.7. The molecular formula is C16H12BrNO4S. The molecule has 0 aliphatic carbocycles. The van der Waals surface area contributed by atoms with E-state index in [0.717, 1.165) is 21.9 Å². The molecule has 0 spiro atoms. The van der Waals surface area contributed by atoms with Crippen LogP contribution in [0.5, 0.6) is 5.75 Å². The number of phenols is 1. The Morgan fingerprint density at radius 1 is 0.957 bits per heavy atom. The van der Waals surface area contributed by atoms with Gasteiger partial charge in [-0.3, -0.25) is 4.55 Å². The lowest BCUT2D eigenvalue weighted by molar-refractivity contribution is 0.471. The Labute approximate surface area is 141 Å². The Balaban J connectivity index is 2.07. The van der Waals surface area contributed by atoms with Crippen LogP contribution in [0.15, 0.2) is 64.0 Å². The molecule has 0 aliphatic heterocycles. The summed E-state index contributed by atoms with van der Waals surface area (Å²) in [4.78, 5) is -0.345. The molecule has 23 heavy (non-hydrogen) atoms. The molecule has 3 N–H and O–H groups in total. The topological polar surface area (TPSA) is 86.6 Å². The van der Waals surface area contributed by atoms with Crippen molar-refractivity contribution in [2.45, 2.75) is 4.90 Å². The van der Waals surface area contributed by atoms with Gasteiger partial charge in [0, 0.05) is 27.3 Å². The number of fused-ring (bicyclic) bond motifs is 1. The maximum atomic E-state index is 11.3. The summed E-state index contributed by atoms with van der Waals surface area (Å²) in [5.41, 5.74) is 1.58. The third-order valence-electron chi connectivity index (χ3n) is 3.32. The van der Waals surface area contributed by atoms with Crippen molar-refractivity contribution in [1.29, 1.82) is 0 Å². The van der Waals surface area contributed by atoms with Gasteiger partial charge in [0.25, 0.3) is 10.1 Å². The lowest BCUT2D eigenvalue weighted by Gasteiger charge is -2.10. The molecule has 0 aromatic heterocycles. The predicted molar refractivity (Wildman–Crippen MR) is 92.9 cm³/mol. The summed E-state index contributed by atoms with van der Waals surface area (Å²) in [7, 11) is -4.38. The SMILES string of the molecule is O=S(=O)(O)c1cc(O)c2ccc(Nc3cccc(Br)c3)cc2c1. The van der Waals surface area contributed by atoms with Crippen molar-refractivity contribution in [3.63, 3.8) is 0 Å². The van der Waals surface area contributed by atoms with Gasteiger partial charge in [-0.25, -0.2) is 0 Å². The molecule has 3 aromatic carbocycles. The lowest BCUT2D eigenvalue weighted by atomic mass is 10.1. The zero-order chi connectivity index (χ0) is 16.6. The first-order valence-electron chi connectivity index (χ1n) is 6.60. The quantitative estimate of drug-likeness (QED) is 0.577. The second kappa shape index (κ2) is 5.84. The van der Waals surface area contributed by atoms with Crippen molar-refractivity contribution in [1.82, 2.24) is 0 Å². The minimum absolute atomic E-state index is 0.205. The first kappa shape index (κ1) is 15.8. The molecule has 0 atom stereocenters. The smallest absolute Gasteiger partial charge is 0.294 e. The molecule has 0 saturated carbocycles. The fraction of sp³-hybridized carbons (Fsp3) is 0. The summed E-state index contributed by atoms with van der Waals surface area (Å²) in [6.45, 7) is 0. The largest absolute Gasteiger partial charge is 0.507 e. The maximum Gasteiger partial charge on any atom is 0.294 e. The van der Waals surface area contributed by atoms with Crippen molar-refractivity contribution in [2.75, 3.05) is 5.32 Å². The van der Waals surface area contributed by atoms with E-state index >= 15 is 0 Å². The third-order valence-corrected chi connectivity index (χ3v) is 4.64. The van der Waals surface area contributed by atoms with Crippen LogP contribution in [0.2, 0.25) is 0 Å². The average molecular weight is 394 g/mol. The van der Waals surface area contributed by atoms with Gasteiger partial charge < -0.3 is 10.4 Å². The summed E-state index contributed by atoms with van der Waals surface area (Å²) in [6, 6.07) is 15.1. The van der Waals surface area contributed by atoms with E-state index in [0.29, 0.717) is 10.8 Å². The maximum absolute atomic E-state index is 11.3. The third kappa shape index (κ3) is 3.47. The van der Waals surface area contributed by atoms with E-state index in [2.05, 4.69) is 21.2 Å². The summed E-state index contributed by atoms with van der Waals surface area (Å²) in [5.74, 6) is -0.205. The Kier molecular flexibility index (Phi) is 4.01. The Hall–Kier alpha value is -2.09. The highest BCUT2D eigenvalue weighted by molar-refractivity contribution is 9.10. The summed E-state index contributed by atoms with van der Waals surface area (Å²) in [6.07, 6.45) is 0. The second-order valence-electron chi connectivity index (χ2n) is 4.99. The Morgan fingerprint density at radius 2 is 1.70 bits per heavy atom. The number of aromatic hydroxyl groups is 1. The number of phenolic OH excluding ortho intramolecular Hbond substituents is 1. The monoisotopic (exact) mass is 393 g/mol. The molecule has 0 fully saturated rings.